The summed E-state index contributed by atoms with van der Waals surface area (Å²) in [4.78, 5) is 11.1. The standard InChI is InChI=1S/C23H21NO2/c1-15-23(2,14-16-8-10-18(11-9-16)22(25)26)21-19-7-5-4-6-17(19)12-13-20(21)24(15)3/h4-13H,14H2,1-3H3/p+1. The lowest BCUT2D eigenvalue weighted by Gasteiger charge is -2.24. The molecule has 3 heteroatoms. The van der Waals surface area contributed by atoms with E-state index in [1.54, 1.807) is 12.1 Å². The maximum Gasteiger partial charge on any atom is 0.335 e. The van der Waals surface area contributed by atoms with Gasteiger partial charge in [-0.2, -0.15) is 0 Å². The Hall–Kier alpha value is -2.94. The first-order valence-electron chi connectivity index (χ1n) is 8.84. The van der Waals surface area contributed by atoms with E-state index in [1.165, 1.54) is 27.7 Å². The molecule has 3 aromatic rings. The van der Waals surface area contributed by atoms with Crippen LogP contribution in [0.5, 0.6) is 0 Å². The molecule has 0 saturated carbocycles. The largest absolute Gasteiger partial charge is 0.478 e. The van der Waals surface area contributed by atoms with Crippen LogP contribution in [0.15, 0.2) is 60.7 Å². The van der Waals surface area contributed by atoms with E-state index in [0.717, 1.165) is 12.0 Å². The molecule has 0 saturated heterocycles. The first-order valence-corrected chi connectivity index (χ1v) is 8.84. The minimum absolute atomic E-state index is 0.129. The highest BCUT2D eigenvalue weighted by molar-refractivity contribution is 6.02. The molecule has 130 valence electrons. The zero-order valence-electron chi connectivity index (χ0n) is 15.3. The van der Waals surface area contributed by atoms with Crippen LogP contribution in [-0.4, -0.2) is 28.4 Å². The Morgan fingerprint density at radius 1 is 1.04 bits per heavy atom. The van der Waals surface area contributed by atoms with Gasteiger partial charge in [-0.3, -0.25) is 0 Å². The molecule has 0 amide bonds. The van der Waals surface area contributed by atoms with Crippen molar-refractivity contribution in [3.8, 4) is 0 Å². The van der Waals surface area contributed by atoms with Gasteiger partial charge >= 0.3 is 5.97 Å². The van der Waals surface area contributed by atoms with Crippen molar-refractivity contribution < 1.29 is 14.5 Å². The van der Waals surface area contributed by atoms with Gasteiger partial charge in [0.05, 0.1) is 11.0 Å². The van der Waals surface area contributed by atoms with Gasteiger partial charge in [0, 0.05) is 18.6 Å². The maximum atomic E-state index is 11.1. The number of carboxylic acids is 1. The summed E-state index contributed by atoms with van der Waals surface area (Å²) in [5, 5.41) is 11.7. The van der Waals surface area contributed by atoms with Gasteiger partial charge in [0.1, 0.15) is 7.05 Å². The SMILES string of the molecule is CC1=[N+](C)c2ccc3ccccc3c2C1(C)Cc1ccc(C(=O)O)cc1. The van der Waals surface area contributed by atoms with Crippen molar-refractivity contribution in [2.24, 2.45) is 0 Å². The van der Waals surface area contributed by atoms with Gasteiger partial charge in [-0.1, -0.05) is 36.4 Å². The summed E-state index contributed by atoms with van der Waals surface area (Å²) in [7, 11) is 2.13. The van der Waals surface area contributed by atoms with E-state index >= 15 is 0 Å². The lowest BCUT2D eigenvalue weighted by Crippen LogP contribution is -2.32. The summed E-state index contributed by atoms with van der Waals surface area (Å²) in [6, 6.07) is 20.2. The Kier molecular flexibility index (Phi) is 3.69. The van der Waals surface area contributed by atoms with Crippen LogP contribution in [-0.2, 0) is 11.8 Å². The van der Waals surface area contributed by atoms with E-state index < -0.39 is 5.97 Å². The minimum atomic E-state index is -0.887. The van der Waals surface area contributed by atoms with Crippen molar-refractivity contribution >= 4 is 28.1 Å². The number of carboxylic acid groups (broad SMARTS) is 1. The van der Waals surface area contributed by atoms with Crippen LogP contribution in [0.3, 0.4) is 0 Å². The Morgan fingerprint density at radius 3 is 2.42 bits per heavy atom. The molecule has 0 aromatic heterocycles. The Balaban J connectivity index is 1.86. The molecule has 1 unspecified atom stereocenters. The number of carbonyl (C=O) groups is 1. The van der Waals surface area contributed by atoms with E-state index in [1.807, 2.05) is 12.1 Å². The topological polar surface area (TPSA) is 40.3 Å². The van der Waals surface area contributed by atoms with Gasteiger partial charge < -0.3 is 5.11 Å². The van der Waals surface area contributed by atoms with Gasteiger partial charge in [-0.25, -0.2) is 9.37 Å². The first kappa shape index (κ1) is 16.5. The second-order valence-electron chi connectivity index (χ2n) is 7.34. The number of fused-ring (bicyclic) bond motifs is 3. The summed E-state index contributed by atoms with van der Waals surface area (Å²) in [6.45, 7) is 4.49. The highest BCUT2D eigenvalue weighted by atomic mass is 16.4. The maximum absolute atomic E-state index is 11.1. The zero-order valence-corrected chi connectivity index (χ0v) is 15.3. The van der Waals surface area contributed by atoms with Gasteiger partial charge in [-0.15, -0.1) is 0 Å². The highest BCUT2D eigenvalue weighted by Gasteiger charge is 2.46. The molecule has 1 aliphatic rings. The van der Waals surface area contributed by atoms with Gasteiger partial charge in [0.25, 0.3) is 0 Å². The van der Waals surface area contributed by atoms with E-state index in [2.05, 4.69) is 61.9 Å². The fraction of sp³-hybridized carbons (Fsp3) is 0.217. The van der Waals surface area contributed by atoms with Crippen LogP contribution >= 0.6 is 0 Å². The zero-order chi connectivity index (χ0) is 18.5. The average Bonchev–Trinajstić information content (AvgIpc) is 2.84. The Labute approximate surface area is 153 Å². The second-order valence-corrected chi connectivity index (χ2v) is 7.34. The summed E-state index contributed by atoms with van der Waals surface area (Å²) in [5.41, 5.74) is 5.27. The van der Waals surface area contributed by atoms with Crippen molar-refractivity contribution in [2.45, 2.75) is 25.7 Å². The molecule has 1 aliphatic heterocycles. The number of benzene rings is 3. The molecule has 0 aliphatic carbocycles. The second kappa shape index (κ2) is 5.80. The Bertz CT molecular complexity index is 1060. The quantitative estimate of drug-likeness (QED) is 0.694. The number of rotatable bonds is 3. The van der Waals surface area contributed by atoms with Crippen molar-refractivity contribution in [1.82, 2.24) is 0 Å². The smallest absolute Gasteiger partial charge is 0.335 e. The minimum Gasteiger partial charge on any atom is -0.478 e. The Morgan fingerprint density at radius 2 is 1.73 bits per heavy atom. The van der Waals surface area contributed by atoms with Gasteiger partial charge in [0.2, 0.25) is 5.69 Å². The van der Waals surface area contributed by atoms with Crippen molar-refractivity contribution in [2.75, 3.05) is 7.05 Å². The monoisotopic (exact) mass is 344 g/mol. The predicted octanol–water partition coefficient (Wildman–Crippen LogP) is 4.79. The molecule has 0 spiro atoms. The van der Waals surface area contributed by atoms with Crippen molar-refractivity contribution in [3.63, 3.8) is 0 Å². The summed E-state index contributed by atoms with van der Waals surface area (Å²) in [5.74, 6) is -0.887. The van der Waals surface area contributed by atoms with Gasteiger partial charge in [-0.05, 0) is 47.9 Å². The average molecular weight is 344 g/mol. The van der Waals surface area contributed by atoms with Crippen molar-refractivity contribution in [3.05, 3.63) is 77.4 Å². The molecule has 26 heavy (non-hydrogen) atoms. The fourth-order valence-corrected chi connectivity index (χ4v) is 4.24. The predicted molar refractivity (Wildman–Crippen MR) is 105 cm³/mol. The molecule has 1 N–H and O–H groups in total. The van der Waals surface area contributed by atoms with Crippen LogP contribution in [0.2, 0.25) is 0 Å². The van der Waals surface area contributed by atoms with Crippen molar-refractivity contribution in [1.29, 1.82) is 0 Å². The number of hydrogen-bond donors (Lipinski definition) is 1. The number of hydrogen-bond acceptors (Lipinski definition) is 1. The molecule has 3 aromatic carbocycles. The normalized spacial score (nSPS) is 19.0. The molecule has 0 bridgehead atoms. The molecule has 0 fully saturated rings. The third-order valence-corrected chi connectivity index (χ3v) is 5.88. The summed E-state index contributed by atoms with van der Waals surface area (Å²) < 4.78 is 2.29. The molecule has 4 rings (SSSR count). The van der Waals surface area contributed by atoms with Crippen LogP contribution in [0.1, 0.15) is 35.3 Å². The van der Waals surface area contributed by atoms with E-state index in [9.17, 15) is 4.79 Å². The first-order chi connectivity index (χ1) is 12.4. The van der Waals surface area contributed by atoms with Crippen LogP contribution in [0.25, 0.3) is 10.8 Å². The third kappa shape index (κ3) is 2.35. The van der Waals surface area contributed by atoms with Crippen LogP contribution < -0.4 is 0 Å². The molecule has 3 nitrogen and oxygen atoms in total. The molecule has 1 atom stereocenters. The fourth-order valence-electron chi connectivity index (χ4n) is 4.24. The molecular weight excluding hydrogens is 322 g/mol. The number of aromatic carboxylic acids is 1. The van der Waals surface area contributed by atoms with Crippen LogP contribution in [0.4, 0.5) is 5.69 Å². The molecular formula is C23H22NO2+. The highest BCUT2D eigenvalue weighted by Crippen LogP contribution is 2.45. The third-order valence-electron chi connectivity index (χ3n) is 5.88. The lowest BCUT2D eigenvalue weighted by atomic mass is 9.73. The van der Waals surface area contributed by atoms with E-state index in [-0.39, 0.29) is 5.41 Å². The lowest BCUT2D eigenvalue weighted by molar-refractivity contribution is -0.403. The molecule has 0 radical (unpaired) electrons. The van der Waals surface area contributed by atoms with Gasteiger partial charge in [0.15, 0.2) is 5.71 Å². The van der Waals surface area contributed by atoms with E-state index in [4.69, 9.17) is 5.11 Å². The summed E-state index contributed by atoms with van der Waals surface area (Å²) >= 11 is 0. The molecule has 1 heterocycles. The van der Waals surface area contributed by atoms with Crippen LogP contribution in [0, 0.1) is 0 Å². The number of nitrogens with zero attached hydrogens (tertiary/aromatic N) is 1. The van der Waals surface area contributed by atoms with E-state index in [0.29, 0.717) is 5.56 Å². The summed E-state index contributed by atoms with van der Waals surface area (Å²) in [6.07, 6.45) is 0.837.